The highest BCUT2D eigenvalue weighted by molar-refractivity contribution is 8.45. The molecule has 0 radical (unpaired) electrons. The van der Waals surface area contributed by atoms with Crippen molar-refractivity contribution >= 4 is 34.2 Å². The van der Waals surface area contributed by atoms with Crippen LogP contribution in [-0.2, 0) is 6.42 Å². The van der Waals surface area contributed by atoms with Crippen molar-refractivity contribution in [3.05, 3.63) is 28.8 Å². The molecule has 0 bridgehead atoms. The Morgan fingerprint density at radius 1 is 1.12 bits per heavy atom. The molecular weight excluding hydrogens is 308 g/mol. The maximum atomic E-state index is 12.4. The normalized spacial score (nSPS) is 15.7. The van der Waals surface area contributed by atoms with Crippen LogP contribution in [0.5, 0.6) is 0 Å². The molecule has 0 unspecified atom stereocenters. The van der Waals surface area contributed by atoms with Crippen LogP contribution in [0.1, 0.15) is 5.56 Å². The third-order valence-corrected chi connectivity index (χ3v) is 3.39. The molecule has 1 rings (SSSR count). The van der Waals surface area contributed by atoms with Crippen LogP contribution in [-0.4, -0.2) is 6.54 Å². The van der Waals surface area contributed by atoms with Gasteiger partial charge in [-0.3, -0.25) is 0 Å². The third kappa shape index (κ3) is 4.50. The van der Waals surface area contributed by atoms with Crippen LogP contribution in [0.25, 0.3) is 0 Å². The van der Waals surface area contributed by atoms with E-state index < -0.39 is 15.1 Å². The predicted octanol–water partition coefficient (Wildman–Crippen LogP) is 4.92. The van der Waals surface area contributed by atoms with E-state index in [0.717, 1.165) is 6.07 Å². The van der Waals surface area contributed by atoms with Crippen molar-refractivity contribution in [2.75, 3.05) is 6.54 Å². The van der Waals surface area contributed by atoms with Crippen molar-refractivity contribution in [2.45, 2.75) is 11.3 Å². The van der Waals surface area contributed by atoms with E-state index in [2.05, 4.69) is 0 Å². The summed E-state index contributed by atoms with van der Waals surface area (Å²) in [5.74, 6) is 0. The second-order valence-corrected chi connectivity index (χ2v) is 6.08. The van der Waals surface area contributed by atoms with Crippen LogP contribution in [0.15, 0.2) is 23.1 Å². The molecule has 0 atom stereocenters. The maximum absolute atomic E-state index is 12.4. The molecule has 0 spiro atoms. The molecule has 0 aromatic heterocycles. The van der Waals surface area contributed by atoms with Crippen molar-refractivity contribution in [1.29, 1.82) is 0 Å². The lowest BCUT2D eigenvalue weighted by Gasteiger charge is -2.40. The van der Waals surface area contributed by atoms with E-state index in [4.69, 9.17) is 17.3 Å². The van der Waals surface area contributed by atoms with Crippen molar-refractivity contribution in [3.63, 3.8) is 0 Å². The van der Waals surface area contributed by atoms with Crippen LogP contribution in [0, 0.1) is 0 Å². The van der Waals surface area contributed by atoms with Crippen LogP contribution in [0.3, 0.4) is 0 Å². The van der Waals surface area contributed by atoms with Gasteiger partial charge in [0.05, 0.1) is 0 Å². The highest BCUT2D eigenvalue weighted by Crippen LogP contribution is 3.02. The van der Waals surface area contributed by atoms with Crippen LogP contribution < -0.4 is 5.73 Å². The van der Waals surface area contributed by atoms with Crippen molar-refractivity contribution in [2.24, 2.45) is 5.73 Å². The molecule has 1 nitrogen and oxygen atoms in total. The predicted molar refractivity (Wildman–Crippen MR) is 62.9 cm³/mol. The first-order valence-electron chi connectivity index (χ1n) is 4.16. The van der Waals surface area contributed by atoms with E-state index in [1.807, 2.05) is 0 Å². The van der Waals surface area contributed by atoms with E-state index in [0.29, 0.717) is 6.07 Å². The number of hydrogen-bond acceptors (Lipinski definition) is 1. The molecule has 1 aromatic rings. The number of halogens is 7. The summed E-state index contributed by atoms with van der Waals surface area (Å²) >= 11 is 5.56. The first kappa shape index (κ1) is 16.8. The molecule has 2 N–H and O–H groups in total. The van der Waals surface area contributed by atoms with E-state index in [-0.39, 0.29) is 42.0 Å². The van der Waals surface area contributed by atoms with E-state index >= 15 is 0 Å². The zero-order valence-corrected chi connectivity index (χ0v) is 10.7. The number of nitrogens with two attached hydrogens (primary N) is 1. The lowest BCUT2D eigenvalue weighted by atomic mass is 10.1. The molecule has 0 saturated heterocycles. The van der Waals surface area contributed by atoms with Gasteiger partial charge in [-0.25, -0.2) is 0 Å². The van der Waals surface area contributed by atoms with E-state index in [1.165, 1.54) is 0 Å². The van der Waals surface area contributed by atoms with Gasteiger partial charge in [0.1, 0.15) is 4.90 Å². The summed E-state index contributed by atoms with van der Waals surface area (Å²) in [5.41, 5.74) is 5.10. The maximum Gasteiger partial charge on any atom is 0.310 e. The molecule has 102 valence electrons. The molecule has 9 heteroatoms. The van der Waals surface area contributed by atoms with Gasteiger partial charge in [-0.2, -0.15) is 0 Å². The Morgan fingerprint density at radius 2 is 1.65 bits per heavy atom. The Kier molecular flexibility index (Phi) is 4.09. The van der Waals surface area contributed by atoms with Gasteiger partial charge in [-0.1, -0.05) is 31.0 Å². The topological polar surface area (TPSA) is 26.0 Å². The first-order chi connectivity index (χ1) is 6.94. The van der Waals surface area contributed by atoms with Gasteiger partial charge < -0.3 is 5.73 Å². The Morgan fingerprint density at radius 3 is 2.06 bits per heavy atom. The smallest absolute Gasteiger partial charge is 0.310 e. The molecule has 17 heavy (non-hydrogen) atoms. The molecular formula is C8H10Cl2F5NS. The third-order valence-electron chi connectivity index (χ3n) is 1.88. The summed E-state index contributed by atoms with van der Waals surface area (Å²) in [5, 5.41) is -0.00366. The number of benzene rings is 1. The minimum atomic E-state index is -9.62. The van der Waals surface area contributed by atoms with Crippen LogP contribution in [0.4, 0.5) is 19.4 Å². The van der Waals surface area contributed by atoms with Crippen LogP contribution >= 0.6 is 34.2 Å². The highest BCUT2D eigenvalue weighted by atomic mass is 35.5. The Bertz CT molecular complexity index is 419. The Hall–Kier alpha value is -0.240. The van der Waals surface area contributed by atoms with Gasteiger partial charge in [0.2, 0.25) is 0 Å². The average molecular weight is 318 g/mol. The average Bonchev–Trinajstić information content (AvgIpc) is 2.04. The molecule has 0 saturated carbocycles. The van der Waals surface area contributed by atoms with Gasteiger partial charge in [-0.15, -0.1) is 12.4 Å². The van der Waals surface area contributed by atoms with Gasteiger partial charge in [0.25, 0.3) is 0 Å². The zero-order valence-electron chi connectivity index (χ0n) is 8.31. The summed E-state index contributed by atoms with van der Waals surface area (Å²) in [6, 6.07) is 1.44. The Labute approximate surface area is 106 Å². The molecule has 0 aliphatic heterocycles. The van der Waals surface area contributed by atoms with Gasteiger partial charge in [0.15, 0.2) is 0 Å². The molecule has 0 amide bonds. The quantitative estimate of drug-likeness (QED) is 0.787. The fourth-order valence-electron chi connectivity index (χ4n) is 1.14. The van der Waals surface area contributed by atoms with Crippen molar-refractivity contribution < 1.29 is 19.4 Å². The van der Waals surface area contributed by atoms with E-state index in [1.54, 1.807) is 0 Å². The lowest BCUT2D eigenvalue weighted by Crippen LogP contribution is -2.08. The second kappa shape index (κ2) is 4.15. The SMILES string of the molecule is Cl.NCCc1cc(S(F)(F)(F)(F)F)ccc1Cl. The molecule has 1 aromatic carbocycles. The highest BCUT2D eigenvalue weighted by Gasteiger charge is 2.65. The van der Waals surface area contributed by atoms with Crippen LogP contribution in [0.2, 0.25) is 5.02 Å². The van der Waals surface area contributed by atoms with Gasteiger partial charge in [0, 0.05) is 5.02 Å². The molecule has 0 heterocycles. The lowest BCUT2D eigenvalue weighted by molar-refractivity contribution is 0.364. The van der Waals surface area contributed by atoms with E-state index in [9.17, 15) is 19.4 Å². The van der Waals surface area contributed by atoms with Gasteiger partial charge in [-0.05, 0) is 36.7 Å². The van der Waals surface area contributed by atoms with Crippen molar-refractivity contribution in [3.8, 4) is 0 Å². The summed E-state index contributed by atoms with van der Waals surface area (Å²) in [6.07, 6.45) is 0.0144. The van der Waals surface area contributed by atoms with Gasteiger partial charge >= 0.3 is 10.2 Å². The summed E-state index contributed by atoms with van der Waals surface area (Å²) in [4.78, 5) is -1.94. The molecule has 0 aliphatic rings. The fraction of sp³-hybridized carbons (Fsp3) is 0.250. The largest absolute Gasteiger partial charge is 0.330 e. The number of hydrogen-bond donors (Lipinski definition) is 1. The summed E-state index contributed by atoms with van der Waals surface area (Å²) in [6.45, 7) is 0.0312. The fourth-order valence-corrected chi connectivity index (χ4v) is 2.04. The number of rotatable bonds is 3. The molecule has 0 fully saturated rings. The zero-order chi connectivity index (χ0) is 12.7. The monoisotopic (exact) mass is 317 g/mol. The summed E-state index contributed by atoms with van der Waals surface area (Å²) < 4.78 is 62.1. The molecule has 0 aliphatic carbocycles. The first-order valence-corrected chi connectivity index (χ1v) is 6.49. The Balaban J connectivity index is 0.00000256. The minimum Gasteiger partial charge on any atom is -0.330 e. The second-order valence-electron chi connectivity index (χ2n) is 3.26. The van der Waals surface area contributed by atoms with Crippen molar-refractivity contribution in [1.82, 2.24) is 0 Å². The summed E-state index contributed by atoms with van der Waals surface area (Å²) in [7, 11) is -9.62. The minimum absolute atomic E-state index is 0. The standard InChI is InChI=1S/C8H9ClF5NS.ClH/c9-8-2-1-7(5-6(8)3-4-15)16(10,11,12,13)14;/h1-2,5H,3-4,15H2;1H.